The third-order valence-electron chi connectivity index (χ3n) is 5.61. The van der Waals surface area contributed by atoms with Crippen LogP contribution >= 0.6 is 22.9 Å². The Morgan fingerprint density at radius 3 is 2.74 bits per heavy atom. The van der Waals surface area contributed by atoms with Gasteiger partial charge in [-0.25, -0.2) is 9.97 Å². The maximum absolute atomic E-state index is 12.1. The van der Waals surface area contributed by atoms with Crippen molar-refractivity contribution in [2.75, 3.05) is 13.1 Å². The number of carbonyl (C=O) groups excluding carboxylic acids is 1. The van der Waals surface area contributed by atoms with Gasteiger partial charge < -0.3 is 5.73 Å². The molecule has 8 heteroatoms. The van der Waals surface area contributed by atoms with Crippen LogP contribution in [0.5, 0.6) is 0 Å². The molecule has 0 unspecified atom stereocenters. The van der Waals surface area contributed by atoms with Gasteiger partial charge in [-0.2, -0.15) is 0 Å². The number of halogens is 1. The number of nitrogens with two attached hydrogens (primary N) is 1. The lowest BCUT2D eigenvalue weighted by molar-refractivity contribution is 0.100. The van der Waals surface area contributed by atoms with Crippen LogP contribution in [0.2, 0.25) is 5.02 Å². The molecule has 0 saturated carbocycles. The quantitative estimate of drug-likeness (QED) is 0.468. The molecule has 0 bridgehead atoms. The van der Waals surface area contributed by atoms with Gasteiger partial charge >= 0.3 is 0 Å². The Bertz CT molecular complexity index is 1260. The van der Waals surface area contributed by atoms with Gasteiger partial charge in [-0.05, 0) is 55.8 Å². The number of amides is 1. The fraction of sp³-hybridized carbons (Fsp3) is 0.261. The zero-order valence-electron chi connectivity index (χ0n) is 16.9. The van der Waals surface area contributed by atoms with Gasteiger partial charge in [-0.15, -0.1) is 0 Å². The summed E-state index contributed by atoms with van der Waals surface area (Å²) < 4.78 is 1.93. The van der Waals surface area contributed by atoms with Crippen molar-refractivity contribution in [1.29, 1.82) is 0 Å². The predicted octanol–water partition coefficient (Wildman–Crippen LogP) is 4.89. The van der Waals surface area contributed by atoms with E-state index in [4.69, 9.17) is 22.3 Å². The molecule has 2 N–H and O–H groups in total. The van der Waals surface area contributed by atoms with Crippen LogP contribution < -0.4 is 5.73 Å². The van der Waals surface area contributed by atoms with Crippen molar-refractivity contribution in [1.82, 2.24) is 19.4 Å². The Hall–Kier alpha value is -2.74. The summed E-state index contributed by atoms with van der Waals surface area (Å²) in [6, 6.07) is 13.6. The summed E-state index contributed by atoms with van der Waals surface area (Å²) in [6.45, 7) is 3.22. The van der Waals surface area contributed by atoms with E-state index in [9.17, 15) is 4.79 Å². The largest absolute Gasteiger partial charge is 0.365 e. The summed E-state index contributed by atoms with van der Waals surface area (Å²) in [5, 5.41) is 1.24. The molecule has 2 aromatic carbocycles. The van der Waals surface area contributed by atoms with E-state index < -0.39 is 5.91 Å². The van der Waals surface area contributed by atoms with E-state index in [0.29, 0.717) is 20.7 Å². The molecule has 1 aliphatic heterocycles. The first-order valence-corrected chi connectivity index (χ1v) is 11.5. The number of hydrogen-bond acceptors (Lipinski definition) is 5. The number of hydrogen-bond donors (Lipinski definition) is 1. The summed E-state index contributed by atoms with van der Waals surface area (Å²) >= 11 is 7.42. The Labute approximate surface area is 189 Å². The van der Waals surface area contributed by atoms with Crippen LogP contribution in [0, 0.1) is 0 Å². The van der Waals surface area contributed by atoms with Crippen molar-refractivity contribution >= 4 is 39.9 Å². The van der Waals surface area contributed by atoms with E-state index >= 15 is 0 Å². The fourth-order valence-corrected chi connectivity index (χ4v) is 5.20. The van der Waals surface area contributed by atoms with Crippen molar-refractivity contribution in [2.45, 2.75) is 25.8 Å². The number of rotatable bonds is 5. The summed E-state index contributed by atoms with van der Waals surface area (Å²) in [6.07, 6.45) is 5.60. The van der Waals surface area contributed by atoms with E-state index in [1.807, 2.05) is 22.8 Å². The van der Waals surface area contributed by atoms with Crippen molar-refractivity contribution in [3.8, 4) is 16.4 Å². The molecule has 0 aliphatic carbocycles. The maximum Gasteiger partial charge on any atom is 0.261 e. The van der Waals surface area contributed by atoms with Crippen LogP contribution in [0.25, 0.3) is 27.4 Å². The van der Waals surface area contributed by atoms with E-state index in [0.717, 1.165) is 36.2 Å². The van der Waals surface area contributed by atoms with Crippen molar-refractivity contribution < 1.29 is 4.79 Å². The van der Waals surface area contributed by atoms with Crippen molar-refractivity contribution in [3.63, 3.8) is 0 Å². The number of imidazole rings is 1. The van der Waals surface area contributed by atoms with Crippen LogP contribution in [-0.4, -0.2) is 38.4 Å². The number of carbonyl (C=O) groups is 1. The number of primary amides is 1. The third kappa shape index (κ3) is 4.08. The molecule has 3 heterocycles. The van der Waals surface area contributed by atoms with Gasteiger partial charge in [0.15, 0.2) is 5.13 Å². The zero-order valence-corrected chi connectivity index (χ0v) is 18.5. The average Bonchev–Trinajstić information content (AvgIpc) is 3.39. The highest BCUT2D eigenvalue weighted by atomic mass is 35.5. The first-order chi connectivity index (χ1) is 15.1. The van der Waals surface area contributed by atoms with Crippen molar-refractivity contribution in [2.24, 2.45) is 5.73 Å². The molecule has 2 aromatic heterocycles. The second kappa shape index (κ2) is 8.42. The summed E-state index contributed by atoms with van der Waals surface area (Å²) in [7, 11) is 0. The first-order valence-electron chi connectivity index (χ1n) is 10.3. The van der Waals surface area contributed by atoms with Crippen LogP contribution in [0.4, 0.5) is 0 Å². The lowest BCUT2D eigenvalue weighted by Gasteiger charge is -2.26. The Morgan fingerprint density at radius 2 is 1.97 bits per heavy atom. The second-order valence-electron chi connectivity index (χ2n) is 7.82. The monoisotopic (exact) mass is 451 g/mol. The van der Waals surface area contributed by atoms with E-state index in [1.165, 1.54) is 36.2 Å². The number of nitrogens with zero attached hydrogens (tertiary/aromatic N) is 4. The second-order valence-corrected chi connectivity index (χ2v) is 9.24. The summed E-state index contributed by atoms with van der Waals surface area (Å²) in [4.78, 5) is 24.3. The van der Waals surface area contributed by atoms with E-state index in [2.05, 4.69) is 22.0 Å². The minimum absolute atomic E-state index is 0.406. The van der Waals surface area contributed by atoms with E-state index in [1.54, 1.807) is 18.5 Å². The van der Waals surface area contributed by atoms with Gasteiger partial charge in [0.1, 0.15) is 11.2 Å². The van der Waals surface area contributed by atoms with E-state index in [-0.39, 0.29) is 0 Å². The van der Waals surface area contributed by atoms with Gasteiger partial charge in [0.05, 0.1) is 16.7 Å². The Balaban J connectivity index is 1.55. The molecule has 5 rings (SSSR count). The van der Waals surface area contributed by atoms with Crippen LogP contribution in [0.3, 0.4) is 0 Å². The van der Waals surface area contributed by atoms with Gasteiger partial charge in [0.25, 0.3) is 5.91 Å². The minimum Gasteiger partial charge on any atom is -0.365 e. The number of likely N-dealkylation sites (tertiary alicyclic amines) is 1. The summed E-state index contributed by atoms with van der Waals surface area (Å²) in [5.41, 5.74) is 10.1. The van der Waals surface area contributed by atoms with Crippen LogP contribution in [0.15, 0.2) is 48.8 Å². The SMILES string of the molecule is NC(=O)c1sc(-n2cnc3ccc(CN4CCCCC4)cc32)nc1-c1cccc(Cl)c1. The Kier molecular flexibility index (Phi) is 5.48. The maximum atomic E-state index is 12.1. The van der Waals surface area contributed by atoms with Gasteiger partial charge in [0.2, 0.25) is 0 Å². The third-order valence-corrected chi connectivity index (χ3v) is 6.91. The molecule has 158 valence electrons. The van der Waals surface area contributed by atoms with Gasteiger partial charge in [-0.3, -0.25) is 14.3 Å². The number of fused-ring (bicyclic) bond motifs is 1. The molecular weight excluding hydrogens is 430 g/mol. The van der Waals surface area contributed by atoms with Gasteiger partial charge in [0, 0.05) is 17.1 Å². The molecule has 4 aromatic rings. The van der Waals surface area contributed by atoms with Crippen LogP contribution in [-0.2, 0) is 6.54 Å². The first kappa shape index (κ1) is 20.2. The summed E-state index contributed by atoms with van der Waals surface area (Å²) in [5.74, 6) is -0.506. The smallest absolute Gasteiger partial charge is 0.261 e. The Morgan fingerprint density at radius 1 is 1.13 bits per heavy atom. The predicted molar refractivity (Wildman–Crippen MR) is 125 cm³/mol. The van der Waals surface area contributed by atoms with Crippen LogP contribution in [0.1, 0.15) is 34.5 Å². The molecule has 0 atom stereocenters. The molecule has 31 heavy (non-hydrogen) atoms. The molecule has 6 nitrogen and oxygen atoms in total. The molecule has 1 saturated heterocycles. The minimum atomic E-state index is -0.506. The molecule has 1 amide bonds. The fourth-order valence-electron chi connectivity index (χ4n) is 4.09. The molecular formula is C23H22ClN5OS. The zero-order chi connectivity index (χ0) is 21.4. The van der Waals surface area contributed by atoms with Crippen molar-refractivity contribution in [3.05, 3.63) is 64.3 Å². The lowest BCUT2D eigenvalue weighted by Crippen LogP contribution is -2.29. The average molecular weight is 452 g/mol. The lowest BCUT2D eigenvalue weighted by atomic mass is 10.1. The number of benzene rings is 2. The molecule has 1 fully saturated rings. The molecule has 1 aliphatic rings. The number of piperidine rings is 1. The number of aromatic nitrogens is 3. The highest BCUT2D eigenvalue weighted by Gasteiger charge is 2.20. The molecule has 0 radical (unpaired) electrons. The standard InChI is InChI=1S/C23H22ClN5OS/c24-17-6-4-5-16(12-17)20-21(22(25)30)31-23(27-20)29-14-26-18-8-7-15(11-19(18)29)13-28-9-2-1-3-10-28/h4-8,11-12,14H,1-3,9-10,13H2,(H2,25,30). The highest BCUT2D eigenvalue weighted by Crippen LogP contribution is 2.33. The number of thiazole rings is 1. The molecule has 0 spiro atoms. The van der Waals surface area contributed by atoms with Gasteiger partial charge in [-0.1, -0.05) is 47.6 Å². The topological polar surface area (TPSA) is 77.0 Å². The normalized spacial score (nSPS) is 14.9. The highest BCUT2D eigenvalue weighted by molar-refractivity contribution is 7.16.